The number of para-hydroxylation sites is 1. The number of rotatable bonds is 6. The van der Waals surface area contributed by atoms with Gasteiger partial charge in [0, 0.05) is 38.8 Å². The van der Waals surface area contributed by atoms with Crippen molar-refractivity contribution in [1.82, 2.24) is 19.4 Å². The van der Waals surface area contributed by atoms with E-state index >= 15 is 0 Å². The molecule has 0 saturated carbocycles. The number of benzene rings is 1. The Kier molecular flexibility index (Phi) is 6.13. The smallest absolute Gasteiger partial charge is 0.361 e. The Morgan fingerprint density at radius 3 is 2.69 bits per heavy atom. The van der Waals surface area contributed by atoms with Crippen molar-refractivity contribution >= 4 is 27.4 Å². The Hall–Kier alpha value is -3.03. The summed E-state index contributed by atoms with van der Waals surface area (Å²) in [6.07, 6.45) is 0.758. The molecule has 1 aromatic carbocycles. The topological polar surface area (TPSA) is 151 Å². The van der Waals surface area contributed by atoms with E-state index in [4.69, 9.17) is 4.74 Å². The molecule has 1 fully saturated rings. The Balaban J connectivity index is 1.50. The van der Waals surface area contributed by atoms with Crippen molar-refractivity contribution in [2.45, 2.75) is 24.3 Å². The fourth-order valence-corrected chi connectivity index (χ4v) is 5.77. The molecule has 0 unspecified atom stereocenters. The molecular weight excluding hydrogens is 440 g/mol. The summed E-state index contributed by atoms with van der Waals surface area (Å²) in [7, 11) is -3.99. The van der Waals surface area contributed by atoms with Crippen molar-refractivity contribution in [2.75, 3.05) is 44.6 Å². The zero-order valence-corrected chi connectivity index (χ0v) is 18.3. The second-order valence-corrected chi connectivity index (χ2v) is 9.38. The van der Waals surface area contributed by atoms with Crippen LogP contribution in [0.1, 0.15) is 35.6 Å². The fourth-order valence-electron chi connectivity index (χ4n) is 4.19. The highest BCUT2D eigenvalue weighted by Crippen LogP contribution is 2.36. The maximum absolute atomic E-state index is 13.1. The van der Waals surface area contributed by atoms with Gasteiger partial charge in [-0.15, -0.1) is 0 Å². The van der Waals surface area contributed by atoms with Crippen molar-refractivity contribution in [1.29, 1.82) is 0 Å². The van der Waals surface area contributed by atoms with Crippen molar-refractivity contribution < 1.29 is 22.9 Å². The number of hydrogen-bond acceptors (Lipinski definition) is 9. The number of nitro groups is 1. The Morgan fingerprint density at radius 2 is 2.00 bits per heavy atom. The minimum absolute atomic E-state index is 0.0576. The SMILES string of the molecule is CCOC(=O)c1n[nH]c2c1NCC[C@H]2N1CCN(S(=O)(=O)c2ccccc2[N+](=O)[O-])CC1. The summed E-state index contributed by atoms with van der Waals surface area (Å²) in [6, 6.07) is 5.32. The van der Waals surface area contributed by atoms with Gasteiger partial charge in [-0.05, 0) is 19.4 Å². The third kappa shape index (κ3) is 3.94. The van der Waals surface area contributed by atoms with Gasteiger partial charge in [0.25, 0.3) is 5.69 Å². The van der Waals surface area contributed by atoms with Gasteiger partial charge in [0.2, 0.25) is 10.0 Å². The lowest BCUT2D eigenvalue weighted by Crippen LogP contribution is -2.50. The van der Waals surface area contributed by atoms with Crippen LogP contribution in [-0.2, 0) is 14.8 Å². The molecule has 0 amide bonds. The molecule has 2 aromatic rings. The first-order chi connectivity index (χ1) is 15.3. The Bertz CT molecular complexity index is 1130. The number of aromatic amines is 1. The number of carbonyl (C=O) groups excluding carboxylic acids is 1. The van der Waals surface area contributed by atoms with Gasteiger partial charge in [-0.25, -0.2) is 13.2 Å². The summed E-state index contributed by atoms with van der Waals surface area (Å²) >= 11 is 0. The first-order valence-electron chi connectivity index (χ1n) is 10.3. The molecule has 0 bridgehead atoms. The molecule has 2 N–H and O–H groups in total. The number of esters is 1. The molecule has 3 heterocycles. The second kappa shape index (κ2) is 8.84. The molecule has 0 radical (unpaired) electrons. The van der Waals surface area contributed by atoms with E-state index in [2.05, 4.69) is 20.4 Å². The summed E-state index contributed by atoms with van der Waals surface area (Å²) in [5.74, 6) is -0.501. The Morgan fingerprint density at radius 1 is 1.28 bits per heavy atom. The van der Waals surface area contributed by atoms with Gasteiger partial charge in [-0.3, -0.25) is 20.1 Å². The number of nitro benzene ring substituents is 1. The van der Waals surface area contributed by atoms with Crippen molar-refractivity contribution in [3.63, 3.8) is 0 Å². The molecule has 0 spiro atoms. The zero-order valence-electron chi connectivity index (χ0n) is 17.5. The van der Waals surface area contributed by atoms with Gasteiger partial charge in [0.1, 0.15) is 0 Å². The van der Waals surface area contributed by atoms with Gasteiger partial charge in [0.15, 0.2) is 10.6 Å². The predicted molar refractivity (Wildman–Crippen MR) is 114 cm³/mol. The quantitative estimate of drug-likeness (QED) is 0.367. The molecule has 32 heavy (non-hydrogen) atoms. The summed E-state index contributed by atoms with van der Waals surface area (Å²) in [6.45, 7) is 3.90. The number of sulfonamides is 1. The van der Waals surface area contributed by atoms with E-state index in [9.17, 15) is 23.3 Å². The van der Waals surface area contributed by atoms with Crippen LogP contribution in [0.15, 0.2) is 29.2 Å². The van der Waals surface area contributed by atoms with Gasteiger partial charge >= 0.3 is 5.97 Å². The zero-order chi connectivity index (χ0) is 22.9. The van der Waals surface area contributed by atoms with E-state index < -0.39 is 26.6 Å². The molecule has 13 heteroatoms. The highest BCUT2D eigenvalue weighted by Gasteiger charge is 2.37. The van der Waals surface area contributed by atoms with Gasteiger partial charge in [-0.2, -0.15) is 9.40 Å². The van der Waals surface area contributed by atoms with Crippen LogP contribution in [0.5, 0.6) is 0 Å². The summed E-state index contributed by atoms with van der Waals surface area (Å²) in [4.78, 5) is 24.6. The highest BCUT2D eigenvalue weighted by molar-refractivity contribution is 7.89. The van der Waals surface area contributed by atoms with Crippen LogP contribution in [0.2, 0.25) is 0 Å². The number of fused-ring (bicyclic) bond motifs is 1. The molecule has 2 aliphatic heterocycles. The third-order valence-corrected chi connectivity index (χ3v) is 7.66. The van der Waals surface area contributed by atoms with Crippen molar-refractivity contribution in [3.05, 3.63) is 45.8 Å². The van der Waals surface area contributed by atoms with E-state index in [1.807, 2.05) is 0 Å². The molecule has 2 aliphatic rings. The molecule has 172 valence electrons. The van der Waals surface area contributed by atoms with Gasteiger partial charge in [0.05, 0.1) is 29.0 Å². The number of piperazine rings is 1. The summed E-state index contributed by atoms with van der Waals surface area (Å²) in [5, 5.41) is 21.5. The third-order valence-electron chi connectivity index (χ3n) is 5.71. The minimum atomic E-state index is -3.99. The first kappa shape index (κ1) is 22.2. The van der Waals surface area contributed by atoms with Gasteiger partial charge in [-0.1, -0.05) is 12.1 Å². The van der Waals surface area contributed by atoms with Crippen LogP contribution >= 0.6 is 0 Å². The lowest BCUT2D eigenvalue weighted by molar-refractivity contribution is -0.387. The molecule has 12 nitrogen and oxygen atoms in total. The van der Waals surface area contributed by atoms with Crippen LogP contribution in [0.3, 0.4) is 0 Å². The fraction of sp³-hybridized carbons (Fsp3) is 0.474. The number of ether oxygens (including phenoxy) is 1. The predicted octanol–water partition coefficient (Wildman–Crippen LogP) is 1.36. The molecule has 1 atom stereocenters. The average molecular weight is 465 g/mol. The number of aromatic nitrogens is 2. The lowest BCUT2D eigenvalue weighted by Gasteiger charge is -2.40. The van der Waals surface area contributed by atoms with E-state index in [0.29, 0.717) is 25.3 Å². The number of nitrogens with one attached hydrogen (secondary N) is 2. The van der Waals surface area contributed by atoms with Crippen molar-refractivity contribution in [2.24, 2.45) is 0 Å². The Labute approximate surface area is 184 Å². The number of H-pyrrole nitrogens is 1. The van der Waals surface area contributed by atoms with Crippen molar-refractivity contribution in [3.8, 4) is 0 Å². The largest absolute Gasteiger partial charge is 0.461 e. The monoisotopic (exact) mass is 464 g/mol. The normalized spacial score (nSPS) is 19.7. The first-order valence-corrected chi connectivity index (χ1v) is 11.8. The molecule has 1 saturated heterocycles. The average Bonchev–Trinajstić information content (AvgIpc) is 3.24. The molecule has 4 rings (SSSR count). The number of nitrogens with zero attached hydrogens (tertiary/aromatic N) is 4. The van der Waals surface area contributed by atoms with Crippen LogP contribution in [0.4, 0.5) is 11.4 Å². The maximum Gasteiger partial charge on any atom is 0.361 e. The highest BCUT2D eigenvalue weighted by atomic mass is 32.2. The molecular formula is C19H24N6O6S. The van der Waals surface area contributed by atoms with Crippen LogP contribution in [-0.4, -0.2) is 78.0 Å². The van der Waals surface area contributed by atoms with E-state index in [0.717, 1.165) is 12.1 Å². The van der Waals surface area contributed by atoms with E-state index in [-0.39, 0.29) is 36.3 Å². The van der Waals surface area contributed by atoms with Gasteiger partial charge < -0.3 is 10.1 Å². The van der Waals surface area contributed by atoms with E-state index in [1.165, 1.54) is 28.6 Å². The summed E-state index contributed by atoms with van der Waals surface area (Å²) in [5.41, 5.74) is 1.18. The molecule has 0 aliphatic carbocycles. The number of anilines is 1. The lowest BCUT2D eigenvalue weighted by atomic mass is 10.0. The number of hydrogen-bond donors (Lipinski definition) is 2. The standard InChI is InChI=1S/C19H24N6O6S/c1-2-31-19(26)18-17-16(21-22-18)14(7-8-20-17)23-9-11-24(12-10-23)32(29,30)15-6-4-3-5-13(15)25(27)28/h3-6,14,20H,2,7-12H2,1H3,(H,21,22)/t14-/m1/s1. The number of carbonyl (C=O) groups is 1. The van der Waals surface area contributed by atoms with Crippen LogP contribution < -0.4 is 5.32 Å². The van der Waals surface area contributed by atoms with E-state index in [1.54, 1.807) is 6.92 Å². The van der Waals surface area contributed by atoms with Crippen LogP contribution in [0.25, 0.3) is 0 Å². The molecule has 1 aromatic heterocycles. The summed E-state index contributed by atoms with van der Waals surface area (Å²) < 4.78 is 32.5. The van der Waals surface area contributed by atoms with Crippen LogP contribution in [0, 0.1) is 10.1 Å². The minimum Gasteiger partial charge on any atom is -0.461 e. The second-order valence-electron chi connectivity index (χ2n) is 7.48. The maximum atomic E-state index is 13.1.